The number of hydrogen-bond donors (Lipinski definition) is 2. The molecule has 102 valence electrons. The van der Waals surface area contributed by atoms with E-state index in [1.807, 2.05) is 24.4 Å². The van der Waals surface area contributed by atoms with Crippen molar-refractivity contribution in [3.63, 3.8) is 0 Å². The lowest BCUT2D eigenvalue weighted by molar-refractivity contribution is 0.404. The number of nitrogens with zero attached hydrogens (tertiary/aromatic N) is 1. The Kier molecular flexibility index (Phi) is 4.98. The number of ether oxygens (including phenoxy) is 1. The van der Waals surface area contributed by atoms with Crippen molar-refractivity contribution >= 4 is 0 Å². The number of methoxy groups -OCH3 is 1. The molecule has 0 bridgehead atoms. The minimum atomic E-state index is 0.354. The van der Waals surface area contributed by atoms with Crippen LogP contribution in [0, 0.1) is 0 Å². The highest BCUT2D eigenvalue weighted by Gasteiger charge is 2.13. The van der Waals surface area contributed by atoms with Crippen LogP contribution in [0.2, 0.25) is 0 Å². The topological polar surface area (TPSA) is 49.9 Å². The summed E-state index contributed by atoms with van der Waals surface area (Å²) in [4.78, 5) is 7.45. The molecule has 0 aliphatic rings. The summed E-state index contributed by atoms with van der Waals surface area (Å²) in [7, 11) is 1.72. The van der Waals surface area contributed by atoms with E-state index in [9.17, 15) is 0 Å². The first-order chi connectivity index (χ1) is 9.33. The molecule has 2 rings (SSSR count). The summed E-state index contributed by atoms with van der Waals surface area (Å²) in [6, 6.07) is 8.52. The van der Waals surface area contributed by atoms with E-state index in [0.717, 1.165) is 31.0 Å². The molecule has 1 aromatic heterocycles. The smallest absolute Gasteiger partial charge is 0.122 e. The van der Waals surface area contributed by atoms with Crippen LogP contribution >= 0.6 is 0 Å². The molecule has 0 aliphatic heterocycles. The number of benzene rings is 1. The van der Waals surface area contributed by atoms with Gasteiger partial charge in [-0.15, -0.1) is 0 Å². The van der Waals surface area contributed by atoms with Crippen molar-refractivity contribution in [3.8, 4) is 5.75 Å². The van der Waals surface area contributed by atoms with Gasteiger partial charge in [0, 0.05) is 24.9 Å². The number of nitrogens with one attached hydrogen (secondary N) is 2. The standard InChI is InChI=1S/C15H21N3O/c1-3-16-13(11-15-17-8-9-18-15)10-12-6-4-5-7-14(12)19-2/h4-9,13,16H,3,10-11H2,1-2H3,(H,17,18). The summed E-state index contributed by atoms with van der Waals surface area (Å²) in [5.74, 6) is 1.96. The monoisotopic (exact) mass is 259 g/mol. The Morgan fingerprint density at radius 2 is 2.16 bits per heavy atom. The summed E-state index contributed by atoms with van der Waals surface area (Å²) in [5.41, 5.74) is 1.22. The van der Waals surface area contributed by atoms with Crippen molar-refractivity contribution in [1.29, 1.82) is 0 Å². The molecule has 0 aliphatic carbocycles. The Morgan fingerprint density at radius 3 is 2.84 bits per heavy atom. The highest BCUT2D eigenvalue weighted by atomic mass is 16.5. The number of H-pyrrole nitrogens is 1. The first-order valence-corrected chi connectivity index (χ1v) is 6.67. The molecular weight excluding hydrogens is 238 g/mol. The van der Waals surface area contributed by atoms with Gasteiger partial charge < -0.3 is 15.0 Å². The minimum Gasteiger partial charge on any atom is -0.496 e. The molecule has 19 heavy (non-hydrogen) atoms. The van der Waals surface area contributed by atoms with Gasteiger partial charge in [0.2, 0.25) is 0 Å². The van der Waals surface area contributed by atoms with Gasteiger partial charge in [-0.05, 0) is 24.6 Å². The fourth-order valence-corrected chi connectivity index (χ4v) is 2.29. The van der Waals surface area contributed by atoms with Gasteiger partial charge in [0.15, 0.2) is 0 Å². The number of para-hydroxylation sites is 1. The van der Waals surface area contributed by atoms with Gasteiger partial charge >= 0.3 is 0 Å². The van der Waals surface area contributed by atoms with E-state index in [0.29, 0.717) is 6.04 Å². The summed E-state index contributed by atoms with van der Waals surface area (Å²) >= 11 is 0. The van der Waals surface area contributed by atoms with E-state index in [-0.39, 0.29) is 0 Å². The van der Waals surface area contributed by atoms with Crippen LogP contribution < -0.4 is 10.1 Å². The first-order valence-electron chi connectivity index (χ1n) is 6.67. The molecule has 1 atom stereocenters. The molecule has 2 N–H and O–H groups in total. The van der Waals surface area contributed by atoms with Crippen LogP contribution in [0.5, 0.6) is 5.75 Å². The van der Waals surface area contributed by atoms with Gasteiger partial charge in [-0.3, -0.25) is 0 Å². The fraction of sp³-hybridized carbons (Fsp3) is 0.400. The fourth-order valence-electron chi connectivity index (χ4n) is 2.29. The quantitative estimate of drug-likeness (QED) is 0.801. The second-order valence-corrected chi connectivity index (χ2v) is 4.51. The molecule has 0 fully saturated rings. The third-order valence-corrected chi connectivity index (χ3v) is 3.15. The van der Waals surface area contributed by atoms with Gasteiger partial charge in [0.25, 0.3) is 0 Å². The van der Waals surface area contributed by atoms with Crippen molar-refractivity contribution in [2.75, 3.05) is 13.7 Å². The molecule has 0 amide bonds. The highest BCUT2D eigenvalue weighted by Crippen LogP contribution is 2.19. The largest absolute Gasteiger partial charge is 0.496 e. The van der Waals surface area contributed by atoms with E-state index in [1.165, 1.54) is 5.56 Å². The molecule has 1 aromatic carbocycles. The number of aromatic nitrogens is 2. The van der Waals surface area contributed by atoms with Crippen molar-refractivity contribution in [2.45, 2.75) is 25.8 Å². The highest BCUT2D eigenvalue weighted by molar-refractivity contribution is 5.34. The Hall–Kier alpha value is -1.81. The van der Waals surface area contributed by atoms with E-state index in [4.69, 9.17) is 4.74 Å². The first kappa shape index (κ1) is 13.6. The zero-order valence-corrected chi connectivity index (χ0v) is 11.5. The molecule has 2 aromatic rings. The minimum absolute atomic E-state index is 0.354. The van der Waals surface area contributed by atoms with E-state index in [1.54, 1.807) is 13.3 Å². The van der Waals surface area contributed by atoms with Crippen LogP contribution in [-0.2, 0) is 12.8 Å². The Morgan fingerprint density at radius 1 is 1.32 bits per heavy atom. The number of likely N-dealkylation sites (N-methyl/N-ethyl adjacent to an activating group) is 1. The van der Waals surface area contributed by atoms with Crippen LogP contribution in [0.3, 0.4) is 0 Å². The Bertz CT molecular complexity index is 482. The molecule has 0 saturated carbocycles. The SMILES string of the molecule is CCNC(Cc1ncc[nH]1)Cc1ccccc1OC. The molecule has 4 heteroatoms. The second-order valence-electron chi connectivity index (χ2n) is 4.51. The normalized spacial score (nSPS) is 12.3. The molecular formula is C15H21N3O. The predicted octanol–water partition coefficient (Wildman–Crippen LogP) is 2.18. The third kappa shape index (κ3) is 3.83. The molecule has 1 unspecified atom stereocenters. The number of rotatable bonds is 7. The van der Waals surface area contributed by atoms with Crippen molar-refractivity contribution in [3.05, 3.63) is 48.0 Å². The van der Waals surface area contributed by atoms with Gasteiger partial charge in [-0.1, -0.05) is 25.1 Å². The van der Waals surface area contributed by atoms with Crippen molar-refractivity contribution in [1.82, 2.24) is 15.3 Å². The molecule has 0 radical (unpaired) electrons. The lowest BCUT2D eigenvalue weighted by atomic mass is 10.0. The summed E-state index contributed by atoms with van der Waals surface area (Å²) in [6.07, 6.45) is 5.47. The van der Waals surface area contributed by atoms with Crippen LogP contribution in [0.4, 0.5) is 0 Å². The number of aromatic amines is 1. The molecule has 0 spiro atoms. The second kappa shape index (κ2) is 6.95. The zero-order chi connectivity index (χ0) is 13.5. The van der Waals surface area contributed by atoms with Gasteiger partial charge in [0.1, 0.15) is 11.6 Å². The lowest BCUT2D eigenvalue weighted by Crippen LogP contribution is -2.33. The van der Waals surface area contributed by atoms with E-state index >= 15 is 0 Å². The predicted molar refractivity (Wildman–Crippen MR) is 76.5 cm³/mol. The van der Waals surface area contributed by atoms with Crippen LogP contribution in [0.15, 0.2) is 36.7 Å². The molecule has 1 heterocycles. The zero-order valence-electron chi connectivity index (χ0n) is 11.5. The Balaban J connectivity index is 2.07. The maximum atomic E-state index is 5.41. The lowest BCUT2D eigenvalue weighted by Gasteiger charge is -2.18. The number of imidazole rings is 1. The molecule has 4 nitrogen and oxygen atoms in total. The summed E-state index contributed by atoms with van der Waals surface area (Å²) < 4.78 is 5.41. The van der Waals surface area contributed by atoms with Crippen molar-refractivity contribution in [2.24, 2.45) is 0 Å². The maximum Gasteiger partial charge on any atom is 0.122 e. The van der Waals surface area contributed by atoms with Crippen LogP contribution in [0.1, 0.15) is 18.3 Å². The maximum absolute atomic E-state index is 5.41. The number of hydrogen-bond acceptors (Lipinski definition) is 3. The summed E-state index contributed by atoms with van der Waals surface area (Å²) in [6.45, 7) is 3.07. The van der Waals surface area contributed by atoms with Crippen LogP contribution in [-0.4, -0.2) is 29.7 Å². The molecule has 0 saturated heterocycles. The van der Waals surface area contributed by atoms with Gasteiger partial charge in [-0.25, -0.2) is 4.98 Å². The van der Waals surface area contributed by atoms with Gasteiger partial charge in [0.05, 0.1) is 7.11 Å². The Labute approximate surface area is 114 Å². The van der Waals surface area contributed by atoms with Crippen molar-refractivity contribution < 1.29 is 4.74 Å². The average Bonchev–Trinajstić information content (AvgIpc) is 2.92. The average molecular weight is 259 g/mol. The van der Waals surface area contributed by atoms with E-state index in [2.05, 4.69) is 28.3 Å². The van der Waals surface area contributed by atoms with Crippen LogP contribution in [0.25, 0.3) is 0 Å². The summed E-state index contributed by atoms with van der Waals surface area (Å²) in [5, 5.41) is 3.51. The van der Waals surface area contributed by atoms with E-state index < -0.39 is 0 Å². The third-order valence-electron chi connectivity index (χ3n) is 3.15. The van der Waals surface area contributed by atoms with Gasteiger partial charge in [-0.2, -0.15) is 0 Å².